The molecule has 0 bridgehead atoms. The van der Waals surface area contributed by atoms with Gasteiger partial charge in [0.15, 0.2) is 6.10 Å². The van der Waals surface area contributed by atoms with E-state index < -0.39 is 0 Å². The van der Waals surface area contributed by atoms with E-state index in [2.05, 4.69) is 11.9 Å². The summed E-state index contributed by atoms with van der Waals surface area (Å²) in [5, 5.41) is 1.05. The second-order valence-corrected chi connectivity index (χ2v) is 7.54. The molecule has 5 heteroatoms. The fraction of sp³-hybridized carbons (Fsp3) is 0.444. The molecule has 122 valence electrons. The van der Waals surface area contributed by atoms with Crippen LogP contribution in [0.15, 0.2) is 18.2 Å². The fourth-order valence-corrected chi connectivity index (χ4v) is 3.86. The summed E-state index contributed by atoms with van der Waals surface area (Å²) in [5.41, 5.74) is 2.86. The van der Waals surface area contributed by atoms with Crippen molar-refractivity contribution >= 4 is 22.9 Å². The maximum absolute atomic E-state index is 12.7. The number of amides is 1. The van der Waals surface area contributed by atoms with Gasteiger partial charge < -0.3 is 9.64 Å². The molecule has 1 aromatic carbocycles. The Morgan fingerprint density at radius 2 is 2.09 bits per heavy atom. The summed E-state index contributed by atoms with van der Waals surface area (Å²) in [6, 6.07) is 6.11. The highest BCUT2D eigenvalue weighted by Crippen LogP contribution is 2.40. The van der Waals surface area contributed by atoms with Crippen LogP contribution in [0.1, 0.15) is 37.1 Å². The van der Waals surface area contributed by atoms with E-state index in [1.165, 1.54) is 4.88 Å². The average molecular weight is 330 g/mol. The van der Waals surface area contributed by atoms with Gasteiger partial charge in [-0.2, -0.15) is 0 Å². The zero-order valence-corrected chi connectivity index (χ0v) is 15.0. The molecule has 1 aliphatic heterocycles. The first-order valence-corrected chi connectivity index (χ1v) is 8.82. The van der Waals surface area contributed by atoms with Crippen LogP contribution in [-0.2, 0) is 4.79 Å². The molecule has 0 saturated carbocycles. The number of hydrogen-bond donors (Lipinski definition) is 0. The Balaban J connectivity index is 2.11. The van der Waals surface area contributed by atoms with Crippen molar-refractivity contribution in [3.05, 3.63) is 28.1 Å². The lowest BCUT2D eigenvalue weighted by molar-refractivity contribution is -0.126. The number of anilines is 1. The van der Waals surface area contributed by atoms with E-state index in [9.17, 15) is 4.79 Å². The molecule has 1 unspecified atom stereocenters. The largest absolute Gasteiger partial charge is 0.478 e. The molecule has 23 heavy (non-hydrogen) atoms. The van der Waals surface area contributed by atoms with Crippen LogP contribution in [0.2, 0.25) is 0 Å². The number of ether oxygens (including phenoxy) is 1. The lowest BCUT2D eigenvalue weighted by Crippen LogP contribution is -2.48. The van der Waals surface area contributed by atoms with Gasteiger partial charge >= 0.3 is 0 Å². The van der Waals surface area contributed by atoms with Gasteiger partial charge in [0.25, 0.3) is 5.91 Å². The number of thiazole rings is 1. The summed E-state index contributed by atoms with van der Waals surface area (Å²) in [7, 11) is 0. The van der Waals surface area contributed by atoms with Crippen molar-refractivity contribution in [2.75, 3.05) is 4.90 Å². The minimum Gasteiger partial charge on any atom is -0.478 e. The Hall–Kier alpha value is -1.88. The molecule has 0 spiro atoms. The molecule has 0 fully saturated rings. The molecule has 2 heterocycles. The number of benzene rings is 1. The molecule has 0 aliphatic carbocycles. The highest BCUT2D eigenvalue weighted by molar-refractivity contribution is 7.11. The molecule has 3 rings (SSSR count). The molecular weight excluding hydrogens is 308 g/mol. The van der Waals surface area contributed by atoms with Gasteiger partial charge in [0.2, 0.25) is 0 Å². The van der Waals surface area contributed by atoms with Crippen LogP contribution in [0.3, 0.4) is 0 Å². The molecule has 1 aliphatic rings. The molecule has 4 nitrogen and oxygen atoms in total. The Morgan fingerprint density at radius 3 is 2.65 bits per heavy atom. The summed E-state index contributed by atoms with van der Waals surface area (Å²) >= 11 is 1.69. The van der Waals surface area contributed by atoms with Crippen LogP contribution in [0.5, 0.6) is 5.75 Å². The van der Waals surface area contributed by atoms with Crippen LogP contribution >= 0.6 is 11.3 Å². The predicted octanol–water partition coefficient (Wildman–Crippen LogP) is 4.34. The molecule has 0 radical (unpaired) electrons. The van der Waals surface area contributed by atoms with Crippen LogP contribution < -0.4 is 9.64 Å². The summed E-state index contributed by atoms with van der Waals surface area (Å²) in [6.45, 7) is 10.1. The van der Waals surface area contributed by atoms with Crippen molar-refractivity contribution in [1.29, 1.82) is 0 Å². The van der Waals surface area contributed by atoms with Crippen molar-refractivity contribution in [1.82, 2.24) is 4.98 Å². The lowest BCUT2D eigenvalue weighted by atomic mass is 10.0. The number of aromatic nitrogens is 1. The molecule has 2 aromatic rings. The van der Waals surface area contributed by atoms with Gasteiger partial charge in [-0.3, -0.25) is 4.79 Å². The fourth-order valence-electron chi connectivity index (χ4n) is 3.02. The Morgan fingerprint density at radius 1 is 1.35 bits per heavy atom. The third kappa shape index (κ3) is 2.74. The first-order chi connectivity index (χ1) is 10.9. The van der Waals surface area contributed by atoms with E-state index in [0.717, 1.165) is 27.7 Å². The maximum Gasteiger partial charge on any atom is 0.268 e. The first kappa shape index (κ1) is 16.0. The van der Waals surface area contributed by atoms with E-state index in [1.54, 1.807) is 11.3 Å². The Bertz CT molecular complexity index is 751. The van der Waals surface area contributed by atoms with Crippen molar-refractivity contribution in [3.63, 3.8) is 0 Å². The van der Waals surface area contributed by atoms with Gasteiger partial charge in [0, 0.05) is 16.5 Å². The van der Waals surface area contributed by atoms with Crippen LogP contribution in [0, 0.1) is 13.8 Å². The zero-order chi connectivity index (χ0) is 16.7. The first-order valence-electron chi connectivity index (χ1n) is 8.00. The smallest absolute Gasteiger partial charge is 0.268 e. The topological polar surface area (TPSA) is 42.4 Å². The number of carbonyl (C=O) groups is 1. The molecule has 1 amide bonds. The summed E-state index contributed by atoms with van der Waals surface area (Å²) < 4.78 is 5.89. The van der Waals surface area contributed by atoms with Gasteiger partial charge in [-0.05, 0) is 52.3 Å². The highest BCUT2D eigenvalue weighted by atomic mass is 32.1. The third-order valence-corrected chi connectivity index (χ3v) is 4.95. The normalized spacial score (nSPS) is 17.4. The SMILES string of the molecule is CCC1Oc2ccc(-c3nc(C)sc3C)cc2N(C(C)C)C1=O. The summed E-state index contributed by atoms with van der Waals surface area (Å²) in [6.07, 6.45) is 0.284. The van der Waals surface area contributed by atoms with Crippen molar-refractivity contribution < 1.29 is 9.53 Å². The van der Waals surface area contributed by atoms with Crippen LogP contribution in [-0.4, -0.2) is 23.0 Å². The van der Waals surface area contributed by atoms with Crippen molar-refractivity contribution in [3.8, 4) is 17.0 Å². The second-order valence-electron chi connectivity index (χ2n) is 6.14. The Kier molecular flexibility index (Phi) is 4.15. The minimum absolute atomic E-state index is 0.0401. The third-order valence-electron chi connectivity index (χ3n) is 4.06. The van der Waals surface area contributed by atoms with Crippen LogP contribution in [0.4, 0.5) is 5.69 Å². The predicted molar refractivity (Wildman–Crippen MR) is 94.4 cm³/mol. The monoisotopic (exact) mass is 330 g/mol. The van der Waals surface area contributed by atoms with E-state index in [-0.39, 0.29) is 18.1 Å². The number of nitrogens with zero attached hydrogens (tertiary/aromatic N) is 2. The molecule has 1 aromatic heterocycles. The van der Waals surface area contributed by atoms with E-state index in [4.69, 9.17) is 4.74 Å². The Labute approximate surface area is 141 Å². The molecule has 0 N–H and O–H groups in total. The molecule has 1 atom stereocenters. The zero-order valence-electron chi connectivity index (χ0n) is 14.2. The molecular formula is C18H22N2O2S. The van der Waals surface area contributed by atoms with E-state index >= 15 is 0 Å². The van der Waals surface area contributed by atoms with Gasteiger partial charge in [-0.1, -0.05) is 6.92 Å². The highest BCUT2D eigenvalue weighted by Gasteiger charge is 2.35. The number of carbonyl (C=O) groups excluding carboxylic acids is 1. The lowest BCUT2D eigenvalue weighted by Gasteiger charge is -2.36. The minimum atomic E-state index is -0.390. The van der Waals surface area contributed by atoms with Crippen molar-refractivity contribution in [2.24, 2.45) is 0 Å². The summed E-state index contributed by atoms with van der Waals surface area (Å²) in [4.78, 5) is 20.3. The number of hydrogen-bond acceptors (Lipinski definition) is 4. The average Bonchev–Trinajstić information content (AvgIpc) is 2.84. The number of rotatable bonds is 3. The molecule has 0 saturated heterocycles. The quantitative estimate of drug-likeness (QED) is 0.841. The van der Waals surface area contributed by atoms with E-state index in [0.29, 0.717) is 6.42 Å². The van der Waals surface area contributed by atoms with Gasteiger partial charge in [0.05, 0.1) is 16.4 Å². The maximum atomic E-state index is 12.7. The van der Waals surface area contributed by atoms with Crippen LogP contribution in [0.25, 0.3) is 11.3 Å². The number of aryl methyl sites for hydroxylation is 2. The van der Waals surface area contributed by atoms with Gasteiger partial charge in [-0.25, -0.2) is 4.98 Å². The summed E-state index contributed by atoms with van der Waals surface area (Å²) in [5.74, 6) is 0.817. The van der Waals surface area contributed by atoms with Gasteiger partial charge in [0.1, 0.15) is 5.75 Å². The second kappa shape index (κ2) is 5.96. The van der Waals surface area contributed by atoms with Crippen molar-refractivity contribution in [2.45, 2.75) is 53.2 Å². The van der Waals surface area contributed by atoms with E-state index in [1.807, 2.05) is 50.8 Å². The van der Waals surface area contributed by atoms with Gasteiger partial charge in [-0.15, -0.1) is 11.3 Å². The number of fused-ring (bicyclic) bond motifs is 1. The standard InChI is InChI=1S/C18H22N2O2S/c1-6-15-18(21)20(10(2)3)14-9-13(7-8-16(14)22-15)17-11(4)23-12(5)19-17/h7-10,15H,6H2,1-5H3.